The molecule has 2 aromatic rings. The molecular formula is C22H27N3O4S3. The van der Waals surface area contributed by atoms with Crippen molar-refractivity contribution in [1.82, 2.24) is 9.71 Å². The minimum atomic E-state index is -3.60. The summed E-state index contributed by atoms with van der Waals surface area (Å²) in [5, 5.41) is 7.53. The van der Waals surface area contributed by atoms with E-state index in [-0.39, 0.29) is 22.0 Å². The summed E-state index contributed by atoms with van der Waals surface area (Å²) in [6.07, 6.45) is 7.11. The molecule has 1 aromatic heterocycles. The van der Waals surface area contributed by atoms with Crippen LogP contribution in [0.5, 0.6) is 0 Å². The smallest absolute Gasteiger partial charge is 0.240 e. The first kappa shape index (κ1) is 23.4. The van der Waals surface area contributed by atoms with Gasteiger partial charge in [0.15, 0.2) is 5.13 Å². The Bertz CT molecular complexity index is 1010. The Balaban J connectivity index is 1.47. The highest BCUT2D eigenvalue weighted by atomic mass is 32.2. The van der Waals surface area contributed by atoms with Crippen molar-refractivity contribution in [1.29, 1.82) is 0 Å². The summed E-state index contributed by atoms with van der Waals surface area (Å²) in [6.45, 7) is 1.82. The van der Waals surface area contributed by atoms with Crippen molar-refractivity contribution in [3.8, 4) is 0 Å². The molecule has 32 heavy (non-hydrogen) atoms. The van der Waals surface area contributed by atoms with Gasteiger partial charge in [-0.15, -0.1) is 23.1 Å². The minimum absolute atomic E-state index is 0.120. The molecule has 0 aliphatic carbocycles. The predicted octanol–water partition coefficient (Wildman–Crippen LogP) is 3.98. The van der Waals surface area contributed by atoms with E-state index < -0.39 is 10.0 Å². The highest BCUT2D eigenvalue weighted by Gasteiger charge is 2.27. The van der Waals surface area contributed by atoms with Gasteiger partial charge < -0.3 is 10.1 Å². The molecule has 172 valence electrons. The predicted molar refractivity (Wildman–Crippen MR) is 128 cm³/mol. The van der Waals surface area contributed by atoms with Gasteiger partial charge in [-0.25, -0.2) is 18.1 Å². The number of rotatable bonds is 9. The van der Waals surface area contributed by atoms with Crippen molar-refractivity contribution in [2.75, 3.05) is 25.1 Å². The van der Waals surface area contributed by atoms with Gasteiger partial charge in [-0.3, -0.25) is 4.79 Å². The second kappa shape index (κ2) is 10.9. The summed E-state index contributed by atoms with van der Waals surface area (Å²) >= 11 is 3.02. The number of hydrogen-bond donors (Lipinski definition) is 2. The number of hydrogen-bond acceptors (Lipinski definition) is 7. The third-order valence-electron chi connectivity index (χ3n) is 5.75. The van der Waals surface area contributed by atoms with E-state index in [0.717, 1.165) is 24.8 Å². The third kappa shape index (κ3) is 6.20. The number of carbonyl (C=O) groups is 1. The zero-order valence-electron chi connectivity index (χ0n) is 17.6. The monoisotopic (exact) mass is 493 g/mol. The highest BCUT2D eigenvalue weighted by Crippen LogP contribution is 2.31. The topological polar surface area (TPSA) is 97.4 Å². The van der Waals surface area contributed by atoms with Gasteiger partial charge in [0.1, 0.15) is 0 Å². The Kier molecular flexibility index (Phi) is 8.01. The molecule has 2 atom stereocenters. The second-order valence-electron chi connectivity index (χ2n) is 7.96. The minimum Gasteiger partial charge on any atom is -0.381 e. The molecule has 2 aliphatic heterocycles. The van der Waals surface area contributed by atoms with E-state index in [4.69, 9.17) is 4.74 Å². The molecule has 0 spiro atoms. The van der Waals surface area contributed by atoms with E-state index in [0.29, 0.717) is 37.2 Å². The number of aromatic nitrogens is 1. The van der Waals surface area contributed by atoms with Crippen molar-refractivity contribution in [3.05, 3.63) is 52.9 Å². The van der Waals surface area contributed by atoms with Crippen molar-refractivity contribution in [2.45, 2.75) is 41.7 Å². The summed E-state index contributed by atoms with van der Waals surface area (Å²) in [4.78, 5) is 17.5. The number of sulfonamides is 1. The second-order valence-corrected chi connectivity index (χ2v) is 11.8. The Morgan fingerprint density at radius 2 is 2.00 bits per heavy atom. The van der Waals surface area contributed by atoms with E-state index in [1.165, 1.54) is 11.3 Å². The largest absolute Gasteiger partial charge is 0.381 e. The molecule has 1 saturated heterocycles. The quantitative estimate of drug-likeness (QED) is 0.548. The highest BCUT2D eigenvalue weighted by molar-refractivity contribution is 8.03. The van der Waals surface area contributed by atoms with Crippen LogP contribution in [0.2, 0.25) is 0 Å². The number of nitrogens with zero attached hydrogens (tertiary/aromatic N) is 1. The number of carbonyl (C=O) groups excluding carboxylic acids is 1. The fraction of sp³-hybridized carbons (Fsp3) is 0.455. The molecule has 2 aliphatic rings. The molecule has 7 nitrogen and oxygen atoms in total. The lowest BCUT2D eigenvalue weighted by atomic mass is 9.84. The van der Waals surface area contributed by atoms with Gasteiger partial charge in [0.25, 0.3) is 0 Å². The summed E-state index contributed by atoms with van der Waals surface area (Å²) in [5.41, 5.74) is 0.806. The van der Waals surface area contributed by atoms with Crippen LogP contribution in [-0.2, 0) is 19.6 Å². The molecule has 0 radical (unpaired) electrons. The van der Waals surface area contributed by atoms with Gasteiger partial charge in [-0.05, 0) is 54.7 Å². The number of benzene rings is 1. The third-order valence-corrected chi connectivity index (χ3v) is 8.97. The Labute approximate surface area is 197 Å². The van der Waals surface area contributed by atoms with Gasteiger partial charge >= 0.3 is 0 Å². The van der Waals surface area contributed by atoms with Crippen molar-refractivity contribution >= 4 is 44.2 Å². The van der Waals surface area contributed by atoms with E-state index in [9.17, 15) is 13.2 Å². The molecule has 2 unspecified atom stereocenters. The SMILES string of the molecule is O=C(Nc1nccs1)C(CC1CCOCC1)c1ccc(S(=O)(=O)NCC2CC=CS2)cc1. The lowest BCUT2D eigenvalue weighted by molar-refractivity contribution is -0.118. The lowest BCUT2D eigenvalue weighted by Crippen LogP contribution is -2.30. The van der Waals surface area contributed by atoms with Gasteiger partial charge in [-0.2, -0.15) is 0 Å². The Morgan fingerprint density at radius 3 is 2.66 bits per heavy atom. The van der Waals surface area contributed by atoms with Gasteiger partial charge in [0.2, 0.25) is 15.9 Å². The van der Waals surface area contributed by atoms with Gasteiger partial charge in [-0.1, -0.05) is 18.2 Å². The number of anilines is 1. The number of thiazole rings is 1. The number of nitrogens with one attached hydrogen (secondary N) is 2. The summed E-state index contributed by atoms with van der Waals surface area (Å²) < 4.78 is 33.5. The normalized spacial score (nSPS) is 20.3. The van der Waals surface area contributed by atoms with E-state index in [1.807, 2.05) is 16.9 Å². The lowest BCUT2D eigenvalue weighted by Gasteiger charge is -2.26. The van der Waals surface area contributed by atoms with Crippen molar-refractivity contribution in [3.63, 3.8) is 0 Å². The van der Waals surface area contributed by atoms with Crippen LogP contribution in [0.25, 0.3) is 0 Å². The molecule has 1 amide bonds. The van der Waals surface area contributed by atoms with Crippen LogP contribution in [0.1, 0.15) is 37.2 Å². The molecule has 1 fully saturated rings. The Morgan fingerprint density at radius 1 is 1.22 bits per heavy atom. The molecule has 4 rings (SSSR count). The zero-order chi connectivity index (χ0) is 22.4. The molecule has 2 N–H and O–H groups in total. The zero-order valence-corrected chi connectivity index (χ0v) is 20.1. The maximum absolute atomic E-state index is 13.1. The first-order chi connectivity index (χ1) is 15.5. The van der Waals surface area contributed by atoms with Crippen molar-refractivity contribution in [2.24, 2.45) is 5.92 Å². The van der Waals surface area contributed by atoms with E-state index in [1.54, 1.807) is 42.2 Å². The fourth-order valence-electron chi connectivity index (χ4n) is 3.91. The first-order valence-corrected chi connectivity index (χ1v) is 14.0. The van der Waals surface area contributed by atoms with Crippen LogP contribution in [0.3, 0.4) is 0 Å². The maximum Gasteiger partial charge on any atom is 0.240 e. The van der Waals surface area contributed by atoms with Crippen LogP contribution < -0.4 is 10.0 Å². The molecule has 10 heteroatoms. The van der Waals surface area contributed by atoms with Crippen LogP contribution >= 0.6 is 23.1 Å². The van der Waals surface area contributed by atoms with Crippen LogP contribution in [-0.4, -0.2) is 44.3 Å². The standard InChI is InChI=1S/C22H27N3O4S3/c26-21(25-22-23-9-13-31-22)20(14-16-7-10-29-11-8-16)17-3-5-19(6-4-17)32(27,28)24-15-18-2-1-12-30-18/h1,3-6,9,12-13,16,18,20,24H,2,7-8,10-11,14-15H2,(H,23,25,26). The number of thioether (sulfide) groups is 1. The summed E-state index contributed by atoms with van der Waals surface area (Å²) in [5.74, 6) is -0.114. The van der Waals surface area contributed by atoms with E-state index >= 15 is 0 Å². The van der Waals surface area contributed by atoms with E-state index in [2.05, 4.69) is 15.0 Å². The number of amides is 1. The molecule has 0 bridgehead atoms. The van der Waals surface area contributed by atoms with Crippen LogP contribution in [0, 0.1) is 5.92 Å². The first-order valence-electron chi connectivity index (χ1n) is 10.7. The van der Waals surface area contributed by atoms with Crippen LogP contribution in [0.15, 0.2) is 52.2 Å². The van der Waals surface area contributed by atoms with Crippen LogP contribution in [0.4, 0.5) is 5.13 Å². The fourth-order valence-corrected chi connectivity index (χ4v) is 6.48. The molecule has 0 saturated carbocycles. The molecule has 3 heterocycles. The summed E-state index contributed by atoms with van der Waals surface area (Å²) in [7, 11) is -3.60. The maximum atomic E-state index is 13.1. The van der Waals surface area contributed by atoms with Crippen molar-refractivity contribution < 1.29 is 17.9 Å². The average Bonchev–Trinajstić information content (AvgIpc) is 3.51. The van der Waals surface area contributed by atoms with Gasteiger partial charge in [0, 0.05) is 36.6 Å². The number of allylic oxidation sites excluding steroid dienone is 1. The van der Waals surface area contributed by atoms with Gasteiger partial charge in [0.05, 0.1) is 10.8 Å². The molecular weight excluding hydrogens is 466 g/mol. The molecule has 1 aromatic carbocycles. The Hall–Kier alpha value is -1.72. The summed E-state index contributed by atoms with van der Waals surface area (Å²) in [6, 6.07) is 6.69. The number of ether oxygens (including phenoxy) is 1. The average molecular weight is 494 g/mol.